The van der Waals surface area contributed by atoms with Crippen molar-refractivity contribution in [1.29, 1.82) is 0 Å². The topological polar surface area (TPSA) is 150 Å². The van der Waals surface area contributed by atoms with Crippen LogP contribution in [0.25, 0.3) is 0 Å². The van der Waals surface area contributed by atoms with E-state index >= 15 is 0 Å². The number of anilines is 1. The van der Waals surface area contributed by atoms with Crippen molar-refractivity contribution in [1.82, 2.24) is 15.1 Å². The van der Waals surface area contributed by atoms with Gasteiger partial charge in [0.25, 0.3) is 5.91 Å². The number of aliphatic carboxylic acids is 1. The van der Waals surface area contributed by atoms with Gasteiger partial charge in [-0.1, -0.05) is 32.4 Å². The zero-order chi connectivity index (χ0) is 25.8. The van der Waals surface area contributed by atoms with Gasteiger partial charge in [-0.3, -0.25) is 19.2 Å². The number of hydrogen-bond acceptors (Lipinski definition) is 6. The number of aldehydes is 1. The molecular weight excluding hydrogens is 464 g/mol. The van der Waals surface area contributed by atoms with Crippen LogP contribution in [0.1, 0.15) is 50.4 Å². The third kappa shape index (κ3) is 6.25. The summed E-state index contributed by atoms with van der Waals surface area (Å²) in [6.07, 6.45) is 0.714. The number of carboxylic acids is 1. The van der Waals surface area contributed by atoms with E-state index in [2.05, 4.69) is 5.32 Å². The fourth-order valence-corrected chi connectivity index (χ4v) is 4.34. The zero-order valence-corrected chi connectivity index (χ0v) is 20.5. The van der Waals surface area contributed by atoms with E-state index in [0.29, 0.717) is 31.4 Å². The molecule has 3 amide bonds. The van der Waals surface area contributed by atoms with Crippen LogP contribution >= 0.6 is 11.6 Å². The molecule has 186 valence electrons. The first-order valence-electron chi connectivity index (χ1n) is 10.9. The molecule has 0 saturated carbocycles. The molecule has 1 fully saturated rings. The molecule has 0 aliphatic carbocycles. The lowest BCUT2D eigenvalue weighted by molar-refractivity contribution is -0.145. The van der Waals surface area contributed by atoms with Crippen LogP contribution in [0.5, 0.6) is 0 Å². The first-order valence-corrected chi connectivity index (χ1v) is 11.3. The van der Waals surface area contributed by atoms with Crippen molar-refractivity contribution in [2.45, 2.75) is 58.2 Å². The Morgan fingerprint density at radius 3 is 2.50 bits per heavy atom. The Kier molecular flexibility index (Phi) is 8.66. The Bertz CT molecular complexity index is 977. The van der Waals surface area contributed by atoms with E-state index in [1.54, 1.807) is 0 Å². The van der Waals surface area contributed by atoms with Crippen LogP contribution in [-0.4, -0.2) is 76.6 Å². The van der Waals surface area contributed by atoms with Gasteiger partial charge in [0.15, 0.2) is 0 Å². The third-order valence-corrected chi connectivity index (χ3v) is 6.06. The number of halogens is 1. The van der Waals surface area contributed by atoms with Gasteiger partial charge in [-0.2, -0.15) is 0 Å². The van der Waals surface area contributed by atoms with E-state index in [1.807, 2.05) is 20.8 Å². The molecule has 1 aromatic rings. The average molecular weight is 495 g/mol. The number of amides is 3. The van der Waals surface area contributed by atoms with Crippen molar-refractivity contribution in [2.24, 2.45) is 5.41 Å². The number of nitrogens with two attached hydrogens (primary N) is 1. The largest absolute Gasteiger partial charge is 0.481 e. The third-order valence-electron chi connectivity index (χ3n) is 5.73. The van der Waals surface area contributed by atoms with E-state index < -0.39 is 53.7 Å². The van der Waals surface area contributed by atoms with Crippen LogP contribution in [0, 0.1) is 5.41 Å². The number of rotatable bonds is 8. The fourth-order valence-electron chi connectivity index (χ4n) is 4.16. The Labute approximate surface area is 203 Å². The van der Waals surface area contributed by atoms with Gasteiger partial charge in [0.1, 0.15) is 18.4 Å². The van der Waals surface area contributed by atoms with Crippen molar-refractivity contribution < 1.29 is 29.1 Å². The normalized spacial score (nSPS) is 17.6. The number of nitrogens with zero attached hydrogens (tertiary/aromatic N) is 2. The van der Waals surface area contributed by atoms with E-state index in [4.69, 9.17) is 22.4 Å². The van der Waals surface area contributed by atoms with Crippen molar-refractivity contribution >= 4 is 47.3 Å². The molecule has 0 aromatic heterocycles. The van der Waals surface area contributed by atoms with Crippen molar-refractivity contribution in [3.8, 4) is 0 Å². The van der Waals surface area contributed by atoms with Crippen molar-refractivity contribution in [2.75, 3.05) is 19.3 Å². The zero-order valence-electron chi connectivity index (χ0n) is 19.7. The number of nitrogens with one attached hydrogen (secondary N) is 1. The molecule has 1 aliphatic heterocycles. The predicted octanol–water partition coefficient (Wildman–Crippen LogP) is 1.56. The number of hydrogen-bond donors (Lipinski definition) is 3. The number of carbonyl (C=O) groups excluding carboxylic acids is 4. The Morgan fingerprint density at radius 1 is 1.32 bits per heavy atom. The van der Waals surface area contributed by atoms with Crippen LogP contribution in [0.15, 0.2) is 18.2 Å². The summed E-state index contributed by atoms with van der Waals surface area (Å²) in [6.45, 7) is 5.74. The molecule has 3 atom stereocenters. The summed E-state index contributed by atoms with van der Waals surface area (Å²) in [5, 5.41) is 11.5. The van der Waals surface area contributed by atoms with Gasteiger partial charge >= 0.3 is 5.97 Å². The number of nitrogen functional groups attached to an aromatic ring is 1. The highest BCUT2D eigenvalue weighted by atomic mass is 35.5. The molecule has 0 bridgehead atoms. The summed E-state index contributed by atoms with van der Waals surface area (Å²) in [5.41, 5.74) is 5.64. The van der Waals surface area contributed by atoms with Crippen molar-refractivity contribution in [3.05, 3.63) is 28.8 Å². The molecule has 0 unspecified atom stereocenters. The molecule has 1 aromatic carbocycles. The highest BCUT2D eigenvalue weighted by Gasteiger charge is 2.44. The molecule has 0 spiro atoms. The van der Waals surface area contributed by atoms with Gasteiger partial charge in [-0.15, -0.1) is 0 Å². The van der Waals surface area contributed by atoms with Crippen LogP contribution in [0.4, 0.5) is 5.69 Å². The molecule has 1 saturated heterocycles. The number of likely N-dealkylation sites (tertiary alicyclic amines) is 1. The summed E-state index contributed by atoms with van der Waals surface area (Å²) in [6, 6.07) is 1.50. The SMILES string of the molecule is CN(C(=O)c1ccc(N)c(Cl)c1)[C@H](C(=O)N1CCC[C@H]1C(=O)N[C@H](C=O)CC(=O)O)C(C)(C)C. The summed E-state index contributed by atoms with van der Waals surface area (Å²) in [5.74, 6) is -2.68. The molecular formula is C23H31ClN4O6. The molecule has 11 heteroatoms. The van der Waals surface area contributed by atoms with E-state index in [-0.39, 0.29) is 10.6 Å². The lowest BCUT2D eigenvalue weighted by Gasteiger charge is -2.40. The summed E-state index contributed by atoms with van der Waals surface area (Å²) in [7, 11) is 1.51. The lowest BCUT2D eigenvalue weighted by atomic mass is 9.84. The average Bonchev–Trinajstić information content (AvgIpc) is 3.23. The minimum Gasteiger partial charge on any atom is -0.481 e. The van der Waals surface area contributed by atoms with Crippen molar-refractivity contribution in [3.63, 3.8) is 0 Å². The molecule has 1 heterocycles. The second-order valence-corrected chi connectivity index (χ2v) is 9.87. The minimum absolute atomic E-state index is 0.222. The van der Waals surface area contributed by atoms with Crippen LogP contribution in [-0.2, 0) is 19.2 Å². The van der Waals surface area contributed by atoms with E-state index in [9.17, 15) is 24.0 Å². The maximum Gasteiger partial charge on any atom is 0.305 e. The van der Waals surface area contributed by atoms with Crippen LogP contribution in [0.2, 0.25) is 5.02 Å². The molecule has 2 rings (SSSR count). The Morgan fingerprint density at radius 2 is 1.97 bits per heavy atom. The lowest BCUT2D eigenvalue weighted by Crippen LogP contribution is -2.58. The Balaban J connectivity index is 2.28. The van der Waals surface area contributed by atoms with Gasteiger partial charge in [0.05, 0.1) is 23.2 Å². The van der Waals surface area contributed by atoms with Crippen LogP contribution in [0.3, 0.4) is 0 Å². The molecule has 1 aliphatic rings. The highest BCUT2D eigenvalue weighted by molar-refractivity contribution is 6.33. The number of benzene rings is 1. The monoisotopic (exact) mass is 494 g/mol. The second kappa shape index (κ2) is 10.9. The number of carboxylic acid groups (broad SMARTS) is 1. The summed E-state index contributed by atoms with van der Waals surface area (Å²) < 4.78 is 0. The van der Waals surface area contributed by atoms with E-state index in [0.717, 1.165) is 0 Å². The fraction of sp³-hybridized carbons (Fsp3) is 0.522. The summed E-state index contributed by atoms with van der Waals surface area (Å²) in [4.78, 5) is 64.5. The first-order chi connectivity index (χ1) is 15.8. The highest BCUT2D eigenvalue weighted by Crippen LogP contribution is 2.30. The second-order valence-electron chi connectivity index (χ2n) is 9.46. The summed E-state index contributed by atoms with van der Waals surface area (Å²) >= 11 is 6.06. The maximum absolute atomic E-state index is 13.7. The van der Waals surface area contributed by atoms with Gasteiger partial charge in [-0.25, -0.2) is 0 Å². The quantitative estimate of drug-likeness (QED) is 0.366. The predicted molar refractivity (Wildman–Crippen MR) is 126 cm³/mol. The Hall–Kier alpha value is -3.14. The first kappa shape index (κ1) is 27.1. The molecule has 4 N–H and O–H groups in total. The van der Waals surface area contributed by atoms with Gasteiger partial charge in [0.2, 0.25) is 11.8 Å². The van der Waals surface area contributed by atoms with Crippen LogP contribution < -0.4 is 11.1 Å². The molecule has 34 heavy (non-hydrogen) atoms. The standard InChI is InChI=1S/C23H31ClN4O6/c1-23(2,3)19(27(4)21(33)13-7-8-16(25)15(24)10-13)22(34)28-9-5-6-17(28)20(32)26-14(12-29)11-18(30)31/h7-8,10,12,14,17,19H,5-6,9,11,25H2,1-4H3,(H,26,32)(H,30,31)/t14-,17-,19+/m0/s1. The smallest absolute Gasteiger partial charge is 0.305 e. The minimum atomic E-state index is -1.23. The maximum atomic E-state index is 13.7. The number of carbonyl (C=O) groups is 5. The van der Waals surface area contributed by atoms with Gasteiger partial charge < -0.3 is 30.8 Å². The van der Waals surface area contributed by atoms with Gasteiger partial charge in [-0.05, 0) is 36.5 Å². The molecule has 0 radical (unpaired) electrons. The van der Waals surface area contributed by atoms with Gasteiger partial charge in [0, 0.05) is 19.2 Å². The van der Waals surface area contributed by atoms with E-state index in [1.165, 1.54) is 35.0 Å². The number of likely N-dealkylation sites (N-methyl/N-ethyl adjacent to an activating group) is 1. The molecule has 10 nitrogen and oxygen atoms in total.